The fraction of sp³-hybridized carbons (Fsp3) is 0.458. The summed E-state index contributed by atoms with van der Waals surface area (Å²) in [5.74, 6) is 0. The zero-order valence-electron chi connectivity index (χ0n) is 20.2. The first-order valence-corrected chi connectivity index (χ1v) is 13.0. The SMILES string of the molecule is Cc1ccc(S(=O)(=O)n2cc(B3OC(C)(C)C(C)(C)O3)c3c(N4CCOCC4)ccnc32)cc1. The summed E-state index contributed by atoms with van der Waals surface area (Å²) in [4.78, 5) is 6.93. The van der Waals surface area contributed by atoms with Crippen molar-refractivity contribution in [2.75, 3.05) is 31.2 Å². The molecule has 1 aromatic carbocycles. The molecule has 3 aromatic rings. The van der Waals surface area contributed by atoms with Gasteiger partial charge in [-0.2, -0.15) is 0 Å². The number of aromatic nitrogens is 2. The highest BCUT2D eigenvalue weighted by Gasteiger charge is 2.53. The highest BCUT2D eigenvalue weighted by atomic mass is 32.2. The third kappa shape index (κ3) is 3.73. The number of benzene rings is 1. The Hall–Kier alpha value is -2.40. The molecule has 10 heteroatoms. The van der Waals surface area contributed by atoms with Crippen LogP contribution in [0.15, 0.2) is 47.6 Å². The number of aryl methyl sites for hydroxylation is 1. The maximum atomic E-state index is 13.7. The topological polar surface area (TPSA) is 82.9 Å². The summed E-state index contributed by atoms with van der Waals surface area (Å²) in [6.45, 7) is 12.5. The van der Waals surface area contributed by atoms with Gasteiger partial charge in [0.25, 0.3) is 10.0 Å². The fourth-order valence-corrected chi connectivity index (χ4v) is 5.69. The number of hydrogen-bond acceptors (Lipinski definition) is 7. The minimum absolute atomic E-state index is 0.203. The lowest BCUT2D eigenvalue weighted by Crippen LogP contribution is -2.41. The van der Waals surface area contributed by atoms with Crippen LogP contribution in [0.25, 0.3) is 11.0 Å². The van der Waals surface area contributed by atoms with Gasteiger partial charge in [0.15, 0.2) is 5.65 Å². The molecule has 4 heterocycles. The molecule has 34 heavy (non-hydrogen) atoms. The van der Waals surface area contributed by atoms with Gasteiger partial charge in [0.1, 0.15) is 0 Å². The van der Waals surface area contributed by atoms with Crippen molar-refractivity contribution in [2.45, 2.75) is 50.7 Å². The predicted octanol–water partition coefficient (Wildman–Crippen LogP) is 2.72. The van der Waals surface area contributed by atoms with Gasteiger partial charge in [0.05, 0.1) is 29.3 Å². The predicted molar refractivity (Wildman–Crippen MR) is 132 cm³/mol. The van der Waals surface area contributed by atoms with Crippen LogP contribution < -0.4 is 10.4 Å². The molecule has 2 aliphatic heterocycles. The van der Waals surface area contributed by atoms with Crippen molar-refractivity contribution in [3.05, 3.63) is 48.3 Å². The minimum atomic E-state index is -3.90. The van der Waals surface area contributed by atoms with Crippen molar-refractivity contribution >= 4 is 39.3 Å². The molecule has 8 nitrogen and oxygen atoms in total. The Balaban J connectivity index is 1.73. The molecule has 0 bridgehead atoms. The monoisotopic (exact) mass is 483 g/mol. The van der Waals surface area contributed by atoms with Gasteiger partial charge in [0, 0.05) is 42.0 Å². The molecule has 0 unspecified atom stereocenters. The Morgan fingerprint density at radius 3 is 2.21 bits per heavy atom. The first kappa shape index (κ1) is 23.4. The van der Waals surface area contributed by atoms with Crippen LogP contribution in [-0.4, -0.2) is 62.0 Å². The normalized spacial score (nSPS) is 20.3. The van der Waals surface area contributed by atoms with E-state index in [1.165, 1.54) is 3.97 Å². The van der Waals surface area contributed by atoms with Gasteiger partial charge < -0.3 is 18.9 Å². The molecule has 5 rings (SSSR count). The van der Waals surface area contributed by atoms with E-state index in [9.17, 15) is 8.42 Å². The van der Waals surface area contributed by atoms with E-state index in [2.05, 4.69) is 9.88 Å². The van der Waals surface area contributed by atoms with Gasteiger partial charge in [-0.05, 0) is 52.8 Å². The lowest BCUT2D eigenvalue weighted by molar-refractivity contribution is 0.00578. The Morgan fingerprint density at radius 1 is 0.971 bits per heavy atom. The zero-order chi connectivity index (χ0) is 24.3. The molecule has 2 aliphatic rings. The van der Waals surface area contributed by atoms with Crippen molar-refractivity contribution in [1.29, 1.82) is 0 Å². The molecule has 2 aromatic heterocycles. The Bertz CT molecular complexity index is 1310. The summed E-state index contributed by atoms with van der Waals surface area (Å²) in [6, 6.07) is 8.75. The molecular formula is C24H30BN3O5S. The highest BCUT2D eigenvalue weighted by Crippen LogP contribution is 2.38. The van der Waals surface area contributed by atoms with E-state index in [4.69, 9.17) is 14.0 Å². The van der Waals surface area contributed by atoms with Crippen molar-refractivity contribution in [2.24, 2.45) is 0 Å². The van der Waals surface area contributed by atoms with Crippen LogP contribution in [0.3, 0.4) is 0 Å². The van der Waals surface area contributed by atoms with E-state index in [1.54, 1.807) is 36.7 Å². The summed E-state index contributed by atoms with van der Waals surface area (Å²) in [5, 5.41) is 0.721. The van der Waals surface area contributed by atoms with E-state index < -0.39 is 28.3 Å². The zero-order valence-corrected chi connectivity index (χ0v) is 21.1. The van der Waals surface area contributed by atoms with Gasteiger partial charge >= 0.3 is 7.12 Å². The second-order valence-corrected chi connectivity index (χ2v) is 11.7. The summed E-state index contributed by atoms with van der Waals surface area (Å²) in [6.07, 6.45) is 3.27. The Kier molecular flexibility index (Phi) is 5.55. The Morgan fingerprint density at radius 2 is 1.59 bits per heavy atom. The maximum absolute atomic E-state index is 13.7. The third-order valence-electron chi connectivity index (χ3n) is 7.10. The van der Waals surface area contributed by atoms with E-state index in [0.717, 1.165) is 16.6 Å². The van der Waals surface area contributed by atoms with Crippen LogP contribution >= 0.6 is 0 Å². The molecule has 0 atom stereocenters. The molecular weight excluding hydrogens is 453 g/mol. The molecule has 0 radical (unpaired) electrons. The summed E-state index contributed by atoms with van der Waals surface area (Å²) >= 11 is 0. The average molecular weight is 483 g/mol. The number of pyridine rings is 1. The van der Waals surface area contributed by atoms with E-state index in [1.807, 2.05) is 40.7 Å². The van der Waals surface area contributed by atoms with Crippen LogP contribution in [0.5, 0.6) is 0 Å². The standard InChI is InChI=1S/C24H30BN3O5S/c1-17-6-8-18(9-7-17)34(29,30)28-16-19(25-32-23(2,3)24(4,5)33-25)21-20(10-11-26-22(21)28)27-12-14-31-15-13-27/h6-11,16H,12-15H2,1-5H3. The quantitative estimate of drug-likeness (QED) is 0.528. The average Bonchev–Trinajstić information content (AvgIpc) is 3.29. The fourth-order valence-electron chi connectivity index (χ4n) is 4.36. The Labute approximate surface area is 201 Å². The number of hydrogen-bond donors (Lipinski definition) is 0. The largest absolute Gasteiger partial charge is 0.497 e. The van der Waals surface area contributed by atoms with E-state index in [-0.39, 0.29) is 4.90 Å². The van der Waals surface area contributed by atoms with Crippen LogP contribution in [0.1, 0.15) is 33.3 Å². The smallest absolute Gasteiger partial charge is 0.399 e. The van der Waals surface area contributed by atoms with Gasteiger partial charge in [0.2, 0.25) is 0 Å². The van der Waals surface area contributed by atoms with Crippen molar-refractivity contribution in [1.82, 2.24) is 8.96 Å². The third-order valence-corrected chi connectivity index (χ3v) is 8.76. The molecule has 0 N–H and O–H groups in total. The number of ether oxygens (including phenoxy) is 1. The molecule has 2 fully saturated rings. The van der Waals surface area contributed by atoms with Crippen LogP contribution in [0.4, 0.5) is 5.69 Å². The van der Waals surface area contributed by atoms with E-state index in [0.29, 0.717) is 37.4 Å². The van der Waals surface area contributed by atoms with Crippen molar-refractivity contribution < 1.29 is 22.5 Å². The molecule has 2 saturated heterocycles. The highest BCUT2D eigenvalue weighted by molar-refractivity contribution is 7.90. The first-order valence-electron chi connectivity index (χ1n) is 11.5. The summed E-state index contributed by atoms with van der Waals surface area (Å²) < 4.78 is 47.0. The lowest BCUT2D eigenvalue weighted by Gasteiger charge is -2.32. The molecule has 180 valence electrons. The number of fused-ring (bicyclic) bond motifs is 1. The summed E-state index contributed by atoms with van der Waals surface area (Å²) in [7, 11) is -4.63. The van der Waals surface area contributed by atoms with Gasteiger partial charge in [-0.1, -0.05) is 17.7 Å². The van der Waals surface area contributed by atoms with Crippen LogP contribution in [0, 0.1) is 6.92 Å². The van der Waals surface area contributed by atoms with Gasteiger partial charge in [-0.15, -0.1) is 0 Å². The lowest BCUT2D eigenvalue weighted by atomic mass is 9.79. The minimum Gasteiger partial charge on any atom is -0.399 e. The summed E-state index contributed by atoms with van der Waals surface area (Å²) in [5.41, 5.74) is 1.76. The van der Waals surface area contributed by atoms with Crippen LogP contribution in [0.2, 0.25) is 0 Å². The van der Waals surface area contributed by atoms with E-state index >= 15 is 0 Å². The number of morpholine rings is 1. The first-order chi connectivity index (χ1) is 16.0. The number of rotatable bonds is 4. The maximum Gasteiger partial charge on any atom is 0.497 e. The van der Waals surface area contributed by atoms with Gasteiger partial charge in [-0.3, -0.25) is 0 Å². The van der Waals surface area contributed by atoms with Gasteiger partial charge in [-0.25, -0.2) is 17.4 Å². The van der Waals surface area contributed by atoms with Crippen LogP contribution in [-0.2, 0) is 24.1 Å². The molecule has 0 amide bonds. The second-order valence-electron chi connectivity index (χ2n) is 9.91. The molecule has 0 aliphatic carbocycles. The molecule has 0 spiro atoms. The molecule has 0 saturated carbocycles. The number of anilines is 1. The number of nitrogens with zero attached hydrogens (tertiary/aromatic N) is 3. The second kappa shape index (κ2) is 8.08. The van der Waals surface area contributed by atoms with Crippen molar-refractivity contribution in [3.63, 3.8) is 0 Å². The van der Waals surface area contributed by atoms with Crippen molar-refractivity contribution in [3.8, 4) is 0 Å².